The number of carbonyl (C=O) groups is 1. The number of para-hydroxylation sites is 2. The van der Waals surface area contributed by atoms with Gasteiger partial charge in [0.15, 0.2) is 6.10 Å². The summed E-state index contributed by atoms with van der Waals surface area (Å²) < 4.78 is 11.3. The van der Waals surface area contributed by atoms with Gasteiger partial charge in [0.2, 0.25) is 0 Å². The van der Waals surface area contributed by atoms with Gasteiger partial charge in [-0.15, -0.1) is 0 Å². The molecule has 2 rings (SSSR count). The van der Waals surface area contributed by atoms with Crippen LogP contribution in [-0.4, -0.2) is 37.3 Å². The molecule has 1 aliphatic rings. The Hall–Kier alpha value is -1.75. The van der Waals surface area contributed by atoms with Crippen LogP contribution >= 0.6 is 0 Å². The van der Waals surface area contributed by atoms with E-state index in [2.05, 4.69) is 10.6 Å². The summed E-state index contributed by atoms with van der Waals surface area (Å²) >= 11 is 0. The molecule has 1 aliphatic heterocycles. The fourth-order valence-electron chi connectivity index (χ4n) is 2.11. The van der Waals surface area contributed by atoms with Gasteiger partial charge in [-0.25, -0.2) is 0 Å². The van der Waals surface area contributed by atoms with E-state index in [0.717, 1.165) is 5.69 Å². The van der Waals surface area contributed by atoms with Crippen molar-refractivity contribution in [3.8, 4) is 5.75 Å². The summed E-state index contributed by atoms with van der Waals surface area (Å²) in [5.74, 6) is 0.586. The van der Waals surface area contributed by atoms with Crippen molar-refractivity contribution in [3.63, 3.8) is 0 Å². The Morgan fingerprint density at radius 3 is 3.00 bits per heavy atom. The molecule has 0 radical (unpaired) electrons. The third-order valence-corrected chi connectivity index (χ3v) is 3.15. The molecule has 110 valence electrons. The fourth-order valence-corrected chi connectivity index (χ4v) is 2.11. The zero-order valence-corrected chi connectivity index (χ0v) is 12.2. The van der Waals surface area contributed by atoms with Crippen LogP contribution in [0, 0.1) is 0 Å². The molecule has 1 aromatic rings. The van der Waals surface area contributed by atoms with Crippen LogP contribution in [0.25, 0.3) is 0 Å². The number of hydrogen-bond donors (Lipinski definition) is 2. The Labute approximate surface area is 119 Å². The minimum Gasteiger partial charge on any atom is -0.477 e. The van der Waals surface area contributed by atoms with Gasteiger partial charge in [0.05, 0.1) is 17.8 Å². The quantitative estimate of drug-likeness (QED) is 0.862. The van der Waals surface area contributed by atoms with E-state index in [1.54, 1.807) is 0 Å². The Balaban J connectivity index is 1.89. The average molecular weight is 278 g/mol. The molecule has 20 heavy (non-hydrogen) atoms. The molecule has 1 heterocycles. The number of anilines is 1. The highest BCUT2D eigenvalue weighted by molar-refractivity contribution is 5.83. The molecule has 0 saturated carbocycles. The van der Waals surface area contributed by atoms with E-state index in [9.17, 15) is 4.79 Å². The summed E-state index contributed by atoms with van der Waals surface area (Å²) in [5, 5.41) is 6.08. The van der Waals surface area contributed by atoms with Crippen LogP contribution < -0.4 is 15.4 Å². The van der Waals surface area contributed by atoms with Gasteiger partial charge in [-0.3, -0.25) is 4.79 Å². The zero-order chi connectivity index (χ0) is 14.6. The fraction of sp³-hybridized carbons (Fsp3) is 0.533. The predicted octanol–water partition coefficient (Wildman–Crippen LogP) is 1.79. The molecule has 0 spiro atoms. The Kier molecular flexibility index (Phi) is 4.49. The SMILES string of the molecule is CCOC(C)(C)CNC(=O)C1CNc2ccccc2O1. The second kappa shape index (κ2) is 6.13. The molecule has 1 unspecified atom stereocenters. The first-order valence-electron chi connectivity index (χ1n) is 6.93. The zero-order valence-electron chi connectivity index (χ0n) is 12.2. The standard InChI is InChI=1S/C15H22N2O3/c1-4-19-15(2,3)10-17-14(18)13-9-16-11-7-5-6-8-12(11)20-13/h5-8,13,16H,4,9-10H2,1-3H3,(H,17,18). The van der Waals surface area contributed by atoms with Crippen molar-refractivity contribution in [3.05, 3.63) is 24.3 Å². The normalized spacial score (nSPS) is 17.6. The molecular formula is C15H22N2O3. The number of fused-ring (bicyclic) bond motifs is 1. The second-order valence-electron chi connectivity index (χ2n) is 5.39. The van der Waals surface area contributed by atoms with Crippen molar-refractivity contribution in [2.45, 2.75) is 32.5 Å². The maximum Gasteiger partial charge on any atom is 0.263 e. The van der Waals surface area contributed by atoms with E-state index in [1.165, 1.54) is 0 Å². The number of amides is 1. The van der Waals surface area contributed by atoms with E-state index in [-0.39, 0.29) is 11.5 Å². The summed E-state index contributed by atoms with van der Waals surface area (Å²) in [6.45, 7) is 7.39. The van der Waals surface area contributed by atoms with Crippen LogP contribution in [0.2, 0.25) is 0 Å². The van der Waals surface area contributed by atoms with Gasteiger partial charge in [-0.05, 0) is 32.9 Å². The lowest BCUT2D eigenvalue weighted by Crippen LogP contribution is -2.49. The molecule has 0 aliphatic carbocycles. The van der Waals surface area contributed by atoms with Crippen molar-refractivity contribution in [1.82, 2.24) is 5.32 Å². The summed E-state index contributed by atoms with van der Waals surface area (Å²) in [6, 6.07) is 7.60. The average Bonchev–Trinajstić information content (AvgIpc) is 2.44. The number of hydrogen-bond acceptors (Lipinski definition) is 4. The predicted molar refractivity (Wildman–Crippen MR) is 78.1 cm³/mol. The third-order valence-electron chi connectivity index (χ3n) is 3.15. The number of nitrogens with one attached hydrogen (secondary N) is 2. The highest BCUT2D eigenvalue weighted by Gasteiger charge is 2.27. The maximum atomic E-state index is 12.1. The van der Waals surface area contributed by atoms with E-state index in [0.29, 0.717) is 25.4 Å². The third kappa shape index (κ3) is 3.63. The molecule has 1 atom stereocenters. The van der Waals surface area contributed by atoms with Crippen LogP contribution in [0.3, 0.4) is 0 Å². The Bertz CT molecular complexity index is 474. The molecule has 0 fully saturated rings. The largest absolute Gasteiger partial charge is 0.477 e. The lowest BCUT2D eigenvalue weighted by molar-refractivity contribution is -0.129. The maximum absolute atomic E-state index is 12.1. The molecule has 0 aromatic heterocycles. The number of carbonyl (C=O) groups excluding carboxylic acids is 1. The molecule has 0 saturated heterocycles. The smallest absolute Gasteiger partial charge is 0.263 e. The molecule has 1 amide bonds. The number of ether oxygens (including phenoxy) is 2. The van der Waals surface area contributed by atoms with Crippen molar-refractivity contribution in [2.24, 2.45) is 0 Å². The monoisotopic (exact) mass is 278 g/mol. The number of benzene rings is 1. The van der Waals surface area contributed by atoms with Gasteiger partial charge >= 0.3 is 0 Å². The minimum absolute atomic E-state index is 0.125. The number of rotatable bonds is 5. The van der Waals surface area contributed by atoms with E-state index in [1.807, 2.05) is 45.0 Å². The van der Waals surface area contributed by atoms with Gasteiger partial charge in [0.25, 0.3) is 5.91 Å². The Morgan fingerprint density at radius 1 is 1.50 bits per heavy atom. The molecule has 2 N–H and O–H groups in total. The Morgan fingerprint density at radius 2 is 2.25 bits per heavy atom. The van der Waals surface area contributed by atoms with Crippen LogP contribution in [0.1, 0.15) is 20.8 Å². The topological polar surface area (TPSA) is 59.6 Å². The second-order valence-corrected chi connectivity index (χ2v) is 5.39. The van der Waals surface area contributed by atoms with Crippen LogP contribution in [0.15, 0.2) is 24.3 Å². The van der Waals surface area contributed by atoms with Crippen LogP contribution in [-0.2, 0) is 9.53 Å². The van der Waals surface area contributed by atoms with E-state index < -0.39 is 6.10 Å². The van der Waals surface area contributed by atoms with Gasteiger partial charge in [-0.1, -0.05) is 12.1 Å². The highest BCUT2D eigenvalue weighted by atomic mass is 16.5. The van der Waals surface area contributed by atoms with E-state index >= 15 is 0 Å². The molecule has 5 heteroatoms. The molecule has 1 aromatic carbocycles. The van der Waals surface area contributed by atoms with E-state index in [4.69, 9.17) is 9.47 Å². The van der Waals surface area contributed by atoms with Crippen molar-refractivity contribution in [2.75, 3.05) is 25.0 Å². The first kappa shape index (κ1) is 14.7. The first-order chi connectivity index (χ1) is 9.52. The first-order valence-corrected chi connectivity index (χ1v) is 6.93. The van der Waals surface area contributed by atoms with Crippen LogP contribution in [0.5, 0.6) is 5.75 Å². The lowest BCUT2D eigenvalue weighted by Gasteiger charge is -2.29. The van der Waals surface area contributed by atoms with Gasteiger partial charge in [0, 0.05) is 13.2 Å². The summed E-state index contributed by atoms with van der Waals surface area (Å²) in [4.78, 5) is 12.1. The molecular weight excluding hydrogens is 256 g/mol. The highest BCUT2D eigenvalue weighted by Crippen LogP contribution is 2.28. The van der Waals surface area contributed by atoms with Gasteiger partial charge in [0.1, 0.15) is 5.75 Å². The summed E-state index contributed by atoms with van der Waals surface area (Å²) in [6.07, 6.45) is -0.512. The van der Waals surface area contributed by atoms with Crippen molar-refractivity contribution < 1.29 is 14.3 Å². The van der Waals surface area contributed by atoms with Crippen LogP contribution in [0.4, 0.5) is 5.69 Å². The van der Waals surface area contributed by atoms with Crippen molar-refractivity contribution >= 4 is 11.6 Å². The lowest BCUT2D eigenvalue weighted by atomic mass is 10.1. The molecule has 0 bridgehead atoms. The van der Waals surface area contributed by atoms with Crippen molar-refractivity contribution in [1.29, 1.82) is 0 Å². The van der Waals surface area contributed by atoms with Gasteiger partial charge < -0.3 is 20.1 Å². The summed E-state index contributed by atoms with van der Waals surface area (Å²) in [5.41, 5.74) is 0.552. The van der Waals surface area contributed by atoms with Gasteiger partial charge in [-0.2, -0.15) is 0 Å². The minimum atomic E-state index is -0.512. The summed E-state index contributed by atoms with van der Waals surface area (Å²) in [7, 11) is 0. The molecule has 5 nitrogen and oxygen atoms in total.